The maximum atomic E-state index is 11.2. The van der Waals surface area contributed by atoms with Crippen LogP contribution in [0.1, 0.15) is 11.3 Å². The van der Waals surface area contributed by atoms with Crippen LogP contribution in [0.2, 0.25) is 0 Å². The summed E-state index contributed by atoms with van der Waals surface area (Å²) in [6, 6.07) is 7.76. The molecule has 0 aliphatic rings. The Kier molecular flexibility index (Phi) is 3.15. The van der Waals surface area contributed by atoms with E-state index >= 15 is 0 Å². The van der Waals surface area contributed by atoms with E-state index in [4.69, 9.17) is 15.9 Å². The van der Waals surface area contributed by atoms with Crippen LogP contribution in [0.15, 0.2) is 28.7 Å². The molecule has 0 aliphatic heterocycles. The van der Waals surface area contributed by atoms with Crippen LogP contribution in [-0.2, 0) is 11.2 Å². The van der Waals surface area contributed by atoms with Gasteiger partial charge in [0.05, 0.1) is 5.92 Å². The highest BCUT2D eigenvalue weighted by Crippen LogP contribution is 2.27. The van der Waals surface area contributed by atoms with Crippen LogP contribution in [0.5, 0.6) is 0 Å². The second kappa shape index (κ2) is 4.59. The van der Waals surface area contributed by atoms with Gasteiger partial charge in [0.2, 0.25) is 5.91 Å². The summed E-state index contributed by atoms with van der Waals surface area (Å²) in [5.74, 6) is 0.123. The van der Waals surface area contributed by atoms with Gasteiger partial charge < -0.3 is 15.9 Å². The molecule has 0 bridgehead atoms. The van der Waals surface area contributed by atoms with Crippen molar-refractivity contribution in [2.24, 2.45) is 17.4 Å². The zero-order valence-electron chi connectivity index (χ0n) is 9.77. The monoisotopic (exact) mass is 232 g/mol. The largest absolute Gasteiger partial charge is 0.461 e. The highest BCUT2D eigenvalue weighted by Gasteiger charge is 2.19. The van der Waals surface area contributed by atoms with Crippen LogP contribution in [0.3, 0.4) is 0 Å². The Bertz CT molecular complexity index is 545. The third-order valence-electron chi connectivity index (χ3n) is 3.04. The summed E-state index contributed by atoms with van der Waals surface area (Å²) in [5, 5.41) is 1.03. The average molecular weight is 232 g/mol. The number of primary amides is 1. The van der Waals surface area contributed by atoms with Gasteiger partial charge in [-0.2, -0.15) is 0 Å². The summed E-state index contributed by atoms with van der Waals surface area (Å²) in [5.41, 5.74) is 12.7. The lowest BCUT2D eigenvalue weighted by atomic mass is 9.97. The Morgan fingerprint density at radius 3 is 2.76 bits per heavy atom. The van der Waals surface area contributed by atoms with Gasteiger partial charge in [0, 0.05) is 17.5 Å². The van der Waals surface area contributed by atoms with Gasteiger partial charge in [0.25, 0.3) is 0 Å². The molecule has 4 N–H and O–H groups in total. The number of para-hydroxylation sites is 1. The molecular formula is C13H16N2O2. The molecule has 2 aromatic rings. The molecule has 1 aromatic carbocycles. The minimum atomic E-state index is -0.364. The van der Waals surface area contributed by atoms with Crippen LogP contribution in [-0.4, -0.2) is 12.5 Å². The van der Waals surface area contributed by atoms with Crippen molar-refractivity contribution < 1.29 is 9.21 Å². The van der Waals surface area contributed by atoms with E-state index in [9.17, 15) is 4.79 Å². The minimum Gasteiger partial charge on any atom is -0.461 e. The van der Waals surface area contributed by atoms with Crippen molar-refractivity contribution in [2.75, 3.05) is 6.54 Å². The molecule has 1 amide bonds. The summed E-state index contributed by atoms with van der Waals surface area (Å²) >= 11 is 0. The van der Waals surface area contributed by atoms with Crippen LogP contribution >= 0.6 is 0 Å². The van der Waals surface area contributed by atoms with E-state index in [1.165, 1.54) is 0 Å². The Hall–Kier alpha value is -1.81. The molecule has 0 radical (unpaired) electrons. The Balaban J connectivity index is 2.41. The molecule has 1 aromatic heterocycles. The smallest absolute Gasteiger partial charge is 0.222 e. The SMILES string of the molecule is Cc1oc2ccccc2c1CC(CN)C(N)=O. The molecule has 90 valence electrons. The fraction of sp³-hybridized carbons (Fsp3) is 0.308. The summed E-state index contributed by atoms with van der Waals surface area (Å²) < 4.78 is 5.63. The molecule has 1 unspecified atom stereocenters. The molecule has 0 fully saturated rings. The molecule has 0 saturated heterocycles. The number of furan rings is 1. The third-order valence-corrected chi connectivity index (χ3v) is 3.04. The first-order chi connectivity index (χ1) is 8.13. The van der Waals surface area contributed by atoms with E-state index in [0.29, 0.717) is 6.42 Å². The molecule has 0 saturated carbocycles. The van der Waals surface area contributed by atoms with Crippen molar-refractivity contribution in [1.29, 1.82) is 0 Å². The van der Waals surface area contributed by atoms with Gasteiger partial charge in [-0.1, -0.05) is 18.2 Å². The molecule has 0 aliphatic carbocycles. The average Bonchev–Trinajstić information content (AvgIpc) is 2.61. The number of nitrogens with two attached hydrogens (primary N) is 2. The second-order valence-electron chi connectivity index (χ2n) is 4.17. The molecule has 17 heavy (non-hydrogen) atoms. The molecule has 0 spiro atoms. The van der Waals surface area contributed by atoms with E-state index in [0.717, 1.165) is 22.3 Å². The Morgan fingerprint density at radius 1 is 1.41 bits per heavy atom. The van der Waals surface area contributed by atoms with Crippen LogP contribution < -0.4 is 11.5 Å². The van der Waals surface area contributed by atoms with Crippen molar-refractivity contribution in [1.82, 2.24) is 0 Å². The van der Waals surface area contributed by atoms with Crippen molar-refractivity contribution in [2.45, 2.75) is 13.3 Å². The number of aryl methyl sites for hydroxylation is 1. The molecule has 1 atom stereocenters. The van der Waals surface area contributed by atoms with Crippen molar-refractivity contribution in [3.8, 4) is 0 Å². The third kappa shape index (κ3) is 2.17. The lowest BCUT2D eigenvalue weighted by Crippen LogP contribution is -2.31. The Morgan fingerprint density at radius 2 is 2.12 bits per heavy atom. The minimum absolute atomic E-state index is 0.258. The predicted molar refractivity (Wildman–Crippen MR) is 66.4 cm³/mol. The van der Waals surface area contributed by atoms with Crippen LogP contribution in [0.25, 0.3) is 11.0 Å². The summed E-state index contributed by atoms with van der Waals surface area (Å²) in [7, 11) is 0. The topological polar surface area (TPSA) is 82.2 Å². The standard InChI is InChI=1S/C13H16N2O2/c1-8-11(6-9(7-14)13(15)16)10-4-2-3-5-12(10)17-8/h2-5,9H,6-7,14H2,1H3,(H2,15,16). The van der Waals surface area contributed by atoms with Crippen LogP contribution in [0.4, 0.5) is 0 Å². The first-order valence-corrected chi connectivity index (χ1v) is 5.60. The fourth-order valence-electron chi connectivity index (χ4n) is 2.02. The van der Waals surface area contributed by atoms with E-state index in [2.05, 4.69) is 0 Å². The van der Waals surface area contributed by atoms with E-state index in [1.54, 1.807) is 0 Å². The van der Waals surface area contributed by atoms with Gasteiger partial charge in [-0.3, -0.25) is 4.79 Å². The summed E-state index contributed by atoms with van der Waals surface area (Å²) in [6.07, 6.45) is 0.536. The number of benzene rings is 1. The van der Waals surface area contributed by atoms with Gasteiger partial charge in [0.1, 0.15) is 11.3 Å². The second-order valence-corrected chi connectivity index (χ2v) is 4.17. The molecule has 4 heteroatoms. The zero-order chi connectivity index (χ0) is 12.4. The lowest BCUT2D eigenvalue weighted by molar-refractivity contribution is -0.121. The van der Waals surface area contributed by atoms with Crippen molar-refractivity contribution >= 4 is 16.9 Å². The van der Waals surface area contributed by atoms with Gasteiger partial charge in [-0.05, 0) is 19.4 Å². The fourth-order valence-corrected chi connectivity index (χ4v) is 2.02. The zero-order valence-corrected chi connectivity index (χ0v) is 9.77. The lowest BCUT2D eigenvalue weighted by Gasteiger charge is -2.09. The van der Waals surface area contributed by atoms with Gasteiger partial charge >= 0.3 is 0 Å². The number of hydrogen-bond acceptors (Lipinski definition) is 3. The number of hydrogen-bond donors (Lipinski definition) is 2. The van der Waals surface area contributed by atoms with E-state index in [-0.39, 0.29) is 18.4 Å². The number of carbonyl (C=O) groups is 1. The number of fused-ring (bicyclic) bond motifs is 1. The van der Waals surface area contributed by atoms with Gasteiger partial charge in [-0.25, -0.2) is 0 Å². The molecule has 1 heterocycles. The highest BCUT2D eigenvalue weighted by atomic mass is 16.3. The summed E-state index contributed by atoms with van der Waals surface area (Å²) in [4.78, 5) is 11.2. The van der Waals surface area contributed by atoms with Gasteiger partial charge in [-0.15, -0.1) is 0 Å². The first-order valence-electron chi connectivity index (χ1n) is 5.60. The number of amides is 1. The Labute approximate surface area is 99.6 Å². The maximum absolute atomic E-state index is 11.2. The molecular weight excluding hydrogens is 216 g/mol. The van der Waals surface area contributed by atoms with E-state index in [1.807, 2.05) is 31.2 Å². The van der Waals surface area contributed by atoms with Gasteiger partial charge in [0.15, 0.2) is 0 Å². The summed E-state index contributed by atoms with van der Waals surface area (Å²) in [6.45, 7) is 2.15. The predicted octanol–water partition coefficient (Wildman–Crippen LogP) is 1.34. The molecule has 2 rings (SSSR count). The normalized spacial score (nSPS) is 12.8. The maximum Gasteiger partial charge on any atom is 0.222 e. The first kappa shape index (κ1) is 11.7. The highest BCUT2D eigenvalue weighted by molar-refractivity contribution is 5.84. The number of carbonyl (C=O) groups excluding carboxylic acids is 1. The van der Waals surface area contributed by atoms with Crippen LogP contribution in [0, 0.1) is 12.8 Å². The quantitative estimate of drug-likeness (QED) is 0.834. The van der Waals surface area contributed by atoms with Crippen molar-refractivity contribution in [3.05, 3.63) is 35.6 Å². The van der Waals surface area contributed by atoms with Crippen molar-refractivity contribution in [3.63, 3.8) is 0 Å². The molecule has 4 nitrogen and oxygen atoms in total. The number of rotatable bonds is 4. The van der Waals surface area contributed by atoms with E-state index < -0.39 is 0 Å².